The number of nitrogens with zero attached hydrogens (tertiary/aromatic N) is 5. The van der Waals surface area contributed by atoms with Crippen molar-refractivity contribution >= 4 is 55.0 Å². The Morgan fingerprint density at radius 2 is 1.93 bits per heavy atom. The van der Waals surface area contributed by atoms with Crippen LogP contribution < -0.4 is 15.6 Å². The smallest absolute Gasteiger partial charge is 0.285 e. The maximum atomic E-state index is 13.6. The van der Waals surface area contributed by atoms with Gasteiger partial charge in [-0.05, 0) is 55.8 Å². The summed E-state index contributed by atoms with van der Waals surface area (Å²) in [6.45, 7) is 1.21. The number of pyridine rings is 1. The molecule has 5 rings (SSSR count). The molecule has 11 nitrogen and oxygen atoms in total. The minimum absolute atomic E-state index is 0.00552. The molecule has 3 heterocycles. The lowest BCUT2D eigenvalue weighted by atomic mass is 10.0. The Morgan fingerprint density at radius 1 is 1.15 bits per heavy atom. The second-order valence-corrected chi connectivity index (χ2v) is 11.6. The molecule has 2 aromatic carbocycles. The molecular weight excluding hydrogens is 554 g/mol. The second-order valence-electron chi connectivity index (χ2n) is 9.50. The van der Waals surface area contributed by atoms with Gasteiger partial charge in [0.25, 0.3) is 11.5 Å². The van der Waals surface area contributed by atoms with E-state index >= 15 is 0 Å². The van der Waals surface area contributed by atoms with Crippen molar-refractivity contribution < 1.29 is 17.3 Å². The van der Waals surface area contributed by atoms with Crippen LogP contribution in [0.1, 0.15) is 38.7 Å². The third-order valence-electron chi connectivity index (χ3n) is 6.31. The fraction of sp³-hybridized carbons (Fsp3) is 0.222. The zero-order chi connectivity index (χ0) is 31.4. The first kappa shape index (κ1) is 23.6. The molecule has 0 aliphatic rings. The predicted octanol–water partition coefficient (Wildman–Crippen LogP) is 3.71. The van der Waals surface area contributed by atoms with E-state index in [2.05, 4.69) is 15.4 Å². The molecule has 0 aliphatic heterocycles. The number of nitrogens with one attached hydrogen (secondary N) is 2. The lowest BCUT2D eigenvalue weighted by Gasteiger charge is -2.20. The van der Waals surface area contributed by atoms with E-state index in [-0.39, 0.29) is 22.1 Å². The van der Waals surface area contributed by atoms with Crippen molar-refractivity contribution in [3.05, 3.63) is 81.0 Å². The molecule has 0 aliphatic carbocycles. The van der Waals surface area contributed by atoms with Crippen LogP contribution in [0, 0.1) is 6.92 Å². The van der Waals surface area contributed by atoms with Gasteiger partial charge in [0, 0.05) is 40.8 Å². The number of aromatic nitrogens is 5. The number of sulfonamides is 1. The lowest BCUT2D eigenvalue weighted by molar-refractivity contribution is 0.0977. The first-order valence-electron chi connectivity index (χ1n) is 13.5. The summed E-state index contributed by atoms with van der Waals surface area (Å²) in [6.07, 6.45) is 2.27. The van der Waals surface area contributed by atoms with Crippen LogP contribution in [0.4, 0.5) is 5.69 Å². The zero-order valence-corrected chi connectivity index (χ0v) is 23.4. The molecule has 3 aromatic heterocycles. The van der Waals surface area contributed by atoms with Crippen LogP contribution in [0.15, 0.2) is 53.5 Å². The first-order valence-corrected chi connectivity index (χ1v) is 14.3. The Morgan fingerprint density at radius 3 is 2.65 bits per heavy atom. The second kappa shape index (κ2) is 10.0. The largest absolute Gasteiger partial charge is 0.377 e. The molecule has 13 heteroatoms. The molecule has 0 saturated heterocycles. The van der Waals surface area contributed by atoms with Crippen molar-refractivity contribution in [2.24, 2.45) is 14.0 Å². The lowest BCUT2D eigenvalue weighted by Crippen LogP contribution is -2.31. The maximum absolute atomic E-state index is 13.6. The molecule has 2 N–H and O–H groups in total. The van der Waals surface area contributed by atoms with Crippen LogP contribution in [0.5, 0.6) is 0 Å². The van der Waals surface area contributed by atoms with E-state index in [4.69, 9.17) is 20.7 Å². The van der Waals surface area contributed by atoms with Crippen molar-refractivity contribution in [3.8, 4) is 11.4 Å². The van der Waals surface area contributed by atoms with Gasteiger partial charge in [-0.1, -0.05) is 17.7 Å². The topological polar surface area (TPSA) is 141 Å². The van der Waals surface area contributed by atoms with Gasteiger partial charge in [-0.15, -0.1) is 0 Å². The highest BCUT2D eigenvalue weighted by Crippen LogP contribution is 2.30. The molecule has 40 heavy (non-hydrogen) atoms. The number of halogens is 1. The summed E-state index contributed by atoms with van der Waals surface area (Å²) in [5.41, 5.74) is 2.59. The molecule has 0 radical (unpaired) electrons. The number of carbonyl (C=O) groups excluding carboxylic acids is 1. The van der Waals surface area contributed by atoms with Crippen molar-refractivity contribution in [1.82, 2.24) is 29.0 Å². The summed E-state index contributed by atoms with van der Waals surface area (Å²) >= 11 is 6.00. The summed E-state index contributed by atoms with van der Waals surface area (Å²) in [7, 11) is -2.26. The number of hydrogen-bond acceptors (Lipinski definition) is 8. The Hall–Kier alpha value is -4.29. The third kappa shape index (κ3) is 5.27. The summed E-state index contributed by atoms with van der Waals surface area (Å²) in [5.74, 6) is -0.611. The van der Waals surface area contributed by atoms with Crippen LogP contribution in [0.3, 0.4) is 0 Å². The zero-order valence-electron chi connectivity index (χ0n) is 24.9. The Balaban J connectivity index is 1.62. The predicted molar refractivity (Wildman–Crippen MR) is 155 cm³/mol. The fourth-order valence-corrected chi connectivity index (χ4v) is 5.14. The number of carbonyl (C=O) groups is 1. The van der Waals surface area contributed by atoms with Gasteiger partial charge in [0.15, 0.2) is 5.69 Å². The van der Waals surface area contributed by atoms with Gasteiger partial charge in [-0.2, -0.15) is 5.10 Å². The van der Waals surface area contributed by atoms with Crippen LogP contribution >= 0.6 is 11.6 Å². The Bertz CT molecular complexity index is 2110. The van der Waals surface area contributed by atoms with Gasteiger partial charge in [0.2, 0.25) is 10.0 Å². The third-order valence-corrected chi connectivity index (χ3v) is 7.08. The first-order chi connectivity index (χ1) is 20.0. The SMILES string of the molecule is [2H]C([2H])([2H])n1cc2cc(-c3nc4c([C@@H](C)Nc5ccc(Cl)nc5C(=O)NS(C)(=O)=O)cc(C)cc4c(=O)n3C)ccc2n1. The van der Waals surface area contributed by atoms with Crippen molar-refractivity contribution in [3.63, 3.8) is 0 Å². The monoisotopic (exact) mass is 582 g/mol. The Labute approximate surface area is 239 Å². The highest BCUT2D eigenvalue weighted by Gasteiger charge is 2.22. The van der Waals surface area contributed by atoms with Gasteiger partial charge in [-0.25, -0.2) is 23.1 Å². The minimum atomic E-state index is -3.87. The molecule has 0 bridgehead atoms. The van der Waals surface area contributed by atoms with Crippen LogP contribution in [-0.4, -0.2) is 44.9 Å². The highest BCUT2D eigenvalue weighted by molar-refractivity contribution is 7.89. The van der Waals surface area contributed by atoms with Gasteiger partial charge < -0.3 is 5.32 Å². The van der Waals surface area contributed by atoms with Crippen LogP contribution in [0.2, 0.25) is 5.15 Å². The van der Waals surface area contributed by atoms with Crippen LogP contribution in [-0.2, 0) is 24.0 Å². The number of anilines is 1. The molecule has 0 unspecified atom stereocenters. The summed E-state index contributed by atoms with van der Waals surface area (Å²) in [5, 5.41) is 8.24. The number of aryl methyl sites for hydroxylation is 2. The number of rotatable bonds is 6. The summed E-state index contributed by atoms with van der Waals surface area (Å²) < 4.78 is 50.5. The average molecular weight is 583 g/mol. The van der Waals surface area contributed by atoms with Crippen molar-refractivity contribution in [1.29, 1.82) is 0 Å². The van der Waals surface area contributed by atoms with E-state index in [9.17, 15) is 18.0 Å². The average Bonchev–Trinajstić information content (AvgIpc) is 3.35. The fourth-order valence-electron chi connectivity index (χ4n) is 4.56. The number of hydrogen-bond donors (Lipinski definition) is 2. The standard InChI is InChI=1S/C27H26ClN7O4S/c1-14-10-18(15(2)29-21-8-9-22(28)30-24(21)26(36)33-40(5,38)39)23-19(11-14)27(37)35(4)25(31-23)16-6-7-20-17(12-16)13-34(3)32-20/h6-13,15,29H,1-5H3,(H,33,36)/t15-/m1/s1/i3D3. The van der Waals surface area contributed by atoms with Crippen molar-refractivity contribution in [2.45, 2.75) is 19.9 Å². The van der Waals surface area contributed by atoms with Crippen LogP contribution in [0.25, 0.3) is 33.2 Å². The molecule has 0 spiro atoms. The quantitative estimate of drug-likeness (QED) is 0.289. The van der Waals surface area contributed by atoms with E-state index in [1.165, 1.54) is 22.9 Å². The van der Waals surface area contributed by atoms with E-state index in [1.807, 2.05) is 17.7 Å². The van der Waals surface area contributed by atoms with E-state index in [0.29, 0.717) is 38.8 Å². The number of amides is 1. The van der Waals surface area contributed by atoms with E-state index in [1.54, 1.807) is 38.2 Å². The van der Waals surface area contributed by atoms with Gasteiger partial charge in [0.1, 0.15) is 11.0 Å². The van der Waals surface area contributed by atoms with E-state index < -0.39 is 28.9 Å². The Kier molecular flexibility index (Phi) is 5.91. The maximum Gasteiger partial charge on any atom is 0.285 e. The molecular formula is C27H26ClN7O4S. The number of fused-ring (bicyclic) bond motifs is 2. The molecule has 1 atom stereocenters. The molecule has 0 fully saturated rings. The summed E-state index contributed by atoms with van der Waals surface area (Å²) in [4.78, 5) is 35.2. The highest BCUT2D eigenvalue weighted by atomic mass is 35.5. The molecule has 1 amide bonds. The molecule has 5 aromatic rings. The van der Waals surface area contributed by atoms with Gasteiger partial charge >= 0.3 is 0 Å². The normalized spacial score (nSPS) is 14.0. The van der Waals surface area contributed by atoms with Gasteiger partial charge in [0.05, 0.1) is 34.4 Å². The van der Waals surface area contributed by atoms with E-state index in [0.717, 1.165) is 16.5 Å². The minimum Gasteiger partial charge on any atom is -0.377 e. The van der Waals surface area contributed by atoms with Crippen molar-refractivity contribution in [2.75, 3.05) is 11.6 Å². The number of benzene rings is 2. The van der Waals surface area contributed by atoms with Gasteiger partial charge in [-0.3, -0.25) is 18.8 Å². The summed E-state index contributed by atoms with van der Waals surface area (Å²) in [6, 6.07) is 11.1. The molecule has 0 saturated carbocycles. The molecule has 206 valence electrons.